The first-order chi connectivity index (χ1) is 8.27. The predicted octanol–water partition coefficient (Wildman–Crippen LogP) is 1.70. The summed E-state index contributed by atoms with van der Waals surface area (Å²) in [4.78, 5) is 0. The van der Waals surface area contributed by atoms with Crippen LogP contribution < -0.4 is 0 Å². The van der Waals surface area contributed by atoms with Crippen molar-refractivity contribution in [3.8, 4) is 0 Å². The van der Waals surface area contributed by atoms with Crippen LogP contribution in [0.25, 0.3) is 0 Å². The van der Waals surface area contributed by atoms with Gasteiger partial charge in [-0.2, -0.15) is 0 Å². The van der Waals surface area contributed by atoms with Gasteiger partial charge < -0.3 is 19.3 Å². The number of aliphatic hydroxyl groups is 1. The highest BCUT2D eigenvalue weighted by Crippen LogP contribution is 2.36. The van der Waals surface area contributed by atoms with Gasteiger partial charge in [0.1, 0.15) is 6.10 Å². The maximum Gasteiger partial charge on any atom is 0.160 e. The standard InChI is InChI=1S/C13H24O4/c1-15-10-8-6-4-3-5-7-9-11(16-2)12(10)17-13(9)14/h9-14H,3-8H2,1-2H3/t9-,10+,11+,12-,13+/m1/s1. The molecule has 4 heteroatoms. The summed E-state index contributed by atoms with van der Waals surface area (Å²) < 4.78 is 16.7. The van der Waals surface area contributed by atoms with Gasteiger partial charge in [-0.05, 0) is 12.8 Å². The van der Waals surface area contributed by atoms with Crippen molar-refractivity contribution in [2.45, 2.75) is 63.1 Å². The van der Waals surface area contributed by atoms with E-state index in [0.29, 0.717) is 0 Å². The van der Waals surface area contributed by atoms with E-state index in [0.717, 1.165) is 25.7 Å². The van der Waals surface area contributed by atoms with E-state index in [4.69, 9.17) is 14.2 Å². The fourth-order valence-electron chi connectivity index (χ4n) is 3.16. The van der Waals surface area contributed by atoms with E-state index in [2.05, 4.69) is 0 Å². The Morgan fingerprint density at radius 2 is 1.71 bits per heavy atom. The molecule has 2 bridgehead atoms. The zero-order valence-electron chi connectivity index (χ0n) is 10.8. The van der Waals surface area contributed by atoms with E-state index in [-0.39, 0.29) is 24.2 Å². The molecule has 2 rings (SSSR count). The Hall–Kier alpha value is -0.160. The van der Waals surface area contributed by atoms with Crippen LogP contribution >= 0.6 is 0 Å². The lowest BCUT2D eigenvalue weighted by molar-refractivity contribution is -0.144. The second kappa shape index (κ2) is 6.14. The number of hydrogen-bond donors (Lipinski definition) is 1. The van der Waals surface area contributed by atoms with Gasteiger partial charge in [-0.25, -0.2) is 0 Å². The third-order valence-electron chi connectivity index (χ3n) is 4.13. The molecule has 2 aliphatic rings. The molecule has 4 nitrogen and oxygen atoms in total. The highest BCUT2D eigenvalue weighted by atomic mass is 16.7. The molecule has 0 radical (unpaired) electrons. The summed E-state index contributed by atoms with van der Waals surface area (Å²) in [6.45, 7) is 0. The summed E-state index contributed by atoms with van der Waals surface area (Å²) in [6.07, 6.45) is 5.93. The van der Waals surface area contributed by atoms with Crippen LogP contribution in [0, 0.1) is 5.92 Å². The Balaban J connectivity index is 2.13. The molecule has 0 spiro atoms. The van der Waals surface area contributed by atoms with Gasteiger partial charge in [-0.1, -0.05) is 25.7 Å². The average molecular weight is 244 g/mol. The molecule has 1 aliphatic heterocycles. The van der Waals surface area contributed by atoms with E-state index in [1.807, 2.05) is 0 Å². The minimum absolute atomic E-state index is 0.0342. The molecule has 0 aromatic carbocycles. The van der Waals surface area contributed by atoms with E-state index in [9.17, 15) is 5.11 Å². The quantitative estimate of drug-likeness (QED) is 0.803. The summed E-state index contributed by atoms with van der Waals surface area (Å²) in [7, 11) is 3.41. The zero-order valence-corrected chi connectivity index (χ0v) is 10.8. The van der Waals surface area contributed by atoms with Gasteiger partial charge in [0.05, 0.1) is 12.2 Å². The van der Waals surface area contributed by atoms with E-state index < -0.39 is 6.29 Å². The third kappa shape index (κ3) is 2.81. The molecule has 100 valence electrons. The molecule has 1 saturated carbocycles. The number of ether oxygens (including phenoxy) is 3. The second-order valence-electron chi connectivity index (χ2n) is 5.12. The lowest BCUT2D eigenvalue weighted by Crippen LogP contribution is -2.39. The Morgan fingerprint density at radius 3 is 2.35 bits per heavy atom. The number of aliphatic hydroxyl groups excluding tert-OH is 1. The highest BCUT2D eigenvalue weighted by molar-refractivity contribution is 4.92. The molecule has 0 aromatic heterocycles. The van der Waals surface area contributed by atoms with Gasteiger partial charge in [0.25, 0.3) is 0 Å². The first-order valence-corrected chi connectivity index (χ1v) is 6.67. The molecule has 1 N–H and O–H groups in total. The van der Waals surface area contributed by atoms with Crippen LogP contribution in [-0.4, -0.2) is 43.9 Å². The van der Waals surface area contributed by atoms with Crippen LogP contribution in [-0.2, 0) is 14.2 Å². The smallest absolute Gasteiger partial charge is 0.160 e. The van der Waals surface area contributed by atoms with Crippen molar-refractivity contribution in [2.24, 2.45) is 5.92 Å². The van der Waals surface area contributed by atoms with E-state index >= 15 is 0 Å². The second-order valence-corrected chi connectivity index (χ2v) is 5.12. The molecule has 1 saturated heterocycles. The molecule has 1 aliphatic carbocycles. The zero-order chi connectivity index (χ0) is 12.3. The summed E-state index contributed by atoms with van der Waals surface area (Å²) >= 11 is 0. The van der Waals surface area contributed by atoms with Gasteiger partial charge in [0.2, 0.25) is 0 Å². The minimum atomic E-state index is -0.694. The first-order valence-electron chi connectivity index (χ1n) is 6.67. The Bertz CT molecular complexity index is 233. The lowest BCUT2D eigenvalue weighted by atomic mass is 9.89. The van der Waals surface area contributed by atoms with Crippen molar-refractivity contribution in [2.75, 3.05) is 14.2 Å². The van der Waals surface area contributed by atoms with Crippen molar-refractivity contribution in [1.29, 1.82) is 0 Å². The molecule has 0 aromatic rings. The summed E-state index contributed by atoms with van der Waals surface area (Å²) in [5, 5.41) is 9.99. The highest BCUT2D eigenvalue weighted by Gasteiger charge is 2.47. The number of fused-ring (bicyclic) bond motifs is 2. The maximum atomic E-state index is 9.99. The fraction of sp³-hybridized carbons (Fsp3) is 1.00. The summed E-state index contributed by atoms with van der Waals surface area (Å²) in [6, 6.07) is 0. The Morgan fingerprint density at radius 1 is 1.00 bits per heavy atom. The molecule has 2 fully saturated rings. The average Bonchev–Trinajstić information content (AvgIpc) is 2.63. The number of hydrogen-bond acceptors (Lipinski definition) is 4. The summed E-state index contributed by atoms with van der Waals surface area (Å²) in [5.41, 5.74) is 0. The van der Waals surface area contributed by atoms with Gasteiger partial charge in [0.15, 0.2) is 6.29 Å². The Kier molecular flexibility index (Phi) is 4.79. The maximum absolute atomic E-state index is 9.99. The number of methoxy groups -OCH3 is 2. The van der Waals surface area contributed by atoms with Crippen LogP contribution in [0.5, 0.6) is 0 Å². The predicted molar refractivity (Wildman–Crippen MR) is 63.7 cm³/mol. The van der Waals surface area contributed by atoms with Crippen molar-refractivity contribution in [1.82, 2.24) is 0 Å². The molecule has 0 unspecified atom stereocenters. The first kappa shape index (κ1) is 13.3. The van der Waals surface area contributed by atoms with Crippen LogP contribution in [0.1, 0.15) is 38.5 Å². The van der Waals surface area contributed by atoms with Crippen LogP contribution in [0.4, 0.5) is 0 Å². The topological polar surface area (TPSA) is 47.9 Å². The fourth-order valence-corrected chi connectivity index (χ4v) is 3.16. The molecular formula is C13H24O4. The summed E-state index contributed by atoms with van der Waals surface area (Å²) in [5.74, 6) is 0.0979. The molecule has 0 amide bonds. The van der Waals surface area contributed by atoms with Gasteiger partial charge in [-0.3, -0.25) is 0 Å². The molecule has 5 atom stereocenters. The Labute approximate surface area is 103 Å². The van der Waals surface area contributed by atoms with Gasteiger partial charge in [-0.15, -0.1) is 0 Å². The van der Waals surface area contributed by atoms with Gasteiger partial charge in [0, 0.05) is 20.1 Å². The van der Waals surface area contributed by atoms with Crippen molar-refractivity contribution in [3.63, 3.8) is 0 Å². The minimum Gasteiger partial charge on any atom is -0.379 e. The molecule has 1 heterocycles. The number of rotatable bonds is 2. The lowest BCUT2D eigenvalue weighted by Gasteiger charge is -2.28. The molecule has 17 heavy (non-hydrogen) atoms. The largest absolute Gasteiger partial charge is 0.379 e. The van der Waals surface area contributed by atoms with Crippen LogP contribution in [0.2, 0.25) is 0 Å². The third-order valence-corrected chi connectivity index (χ3v) is 4.13. The monoisotopic (exact) mass is 244 g/mol. The molecular weight excluding hydrogens is 220 g/mol. The normalized spacial score (nSPS) is 43.6. The van der Waals surface area contributed by atoms with E-state index in [1.165, 1.54) is 12.8 Å². The van der Waals surface area contributed by atoms with Crippen LogP contribution in [0.15, 0.2) is 0 Å². The van der Waals surface area contributed by atoms with E-state index in [1.54, 1.807) is 14.2 Å². The van der Waals surface area contributed by atoms with Crippen molar-refractivity contribution < 1.29 is 19.3 Å². The van der Waals surface area contributed by atoms with Gasteiger partial charge >= 0.3 is 0 Å². The van der Waals surface area contributed by atoms with Crippen LogP contribution in [0.3, 0.4) is 0 Å². The SMILES string of the molecule is CO[C@H]1[C@H]2CCCCCC[C@H](OC)[C@H]1O[C@@H]2O. The van der Waals surface area contributed by atoms with Crippen molar-refractivity contribution in [3.05, 3.63) is 0 Å². The van der Waals surface area contributed by atoms with Crippen molar-refractivity contribution >= 4 is 0 Å².